The van der Waals surface area contributed by atoms with Crippen LogP contribution in [0.2, 0.25) is 5.02 Å². The minimum atomic E-state index is -0.426. The molecule has 2 aromatic carbocycles. The minimum Gasteiger partial charge on any atom is -0.495 e. The zero-order valence-electron chi connectivity index (χ0n) is 18.7. The van der Waals surface area contributed by atoms with Crippen LogP contribution in [0, 0.1) is 0 Å². The minimum absolute atomic E-state index is 0.0676. The second-order valence-corrected chi connectivity index (χ2v) is 9.12. The van der Waals surface area contributed by atoms with E-state index in [-0.39, 0.29) is 35.1 Å². The van der Waals surface area contributed by atoms with Crippen LogP contribution in [0.3, 0.4) is 0 Å². The van der Waals surface area contributed by atoms with Crippen molar-refractivity contribution in [2.24, 2.45) is 0 Å². The second kappa shape index (κ2) is 10.5. The fourth-order valence-corrected chi connectivity index (χ4v) is 4.69. The van der Waals surface area contributed by atoms with Crippen molar-refractivity contribution in [2.45, 2.75) is 44.7 Å². The molecule has 7 nitrogen and oxygen atoms in total. The van der Waals surface area contributed by atoms with Gasteiger partial charge < -0.3 is 15.4 Å². The van der Waals surface area contributed by atoms with Gasteiger partial charge in [-0.25, -0.2) is 0 Å². The standard InChI is InChI=1S/C25H25Cl2N3O4/c1-34-20-12-11-17(26)13-19(20)29-23(31)16-9-7-15(8-10-16)14-28-22-21(27)24(32)30(25(22)33)18-5-3-2-4-6-18/h7-13,18,28H,2-6,14H2,1H3,(H,29,31). The van der Waals surface area contributed by atoms with E-state index in [0.29, 0.717) is 22.0 Å². The van der Waals surface area contributed by atoms with Crippen molar-refractivity contribution in [1.29, 1.82) is 0 Å². The van der Waals surface area contributed by atoms with Crippen LogP contribution in [0.15, 0.2) is 53.2 Å². The zero-order valence-corrected chi connectivity index (χ0v) is 20.2. The molecule has 0 bridgehead atoms. The Labute approximate surface area is 208 Å². The molecule has 4 rings (SSSR count). The first-order valence-corrected chi connectivity index (χ1v) is 11.9. The molecule has 0 spiro atoms. The van der Waals surface area contributed by atoms with Crippen LogP contribution in [-0.2, 0) is 16.1 Å². The number of rotatable bonds is 7. The van der Waals surface area contributed by atoms with E-state index in [9.17, 15) is 14.4 Å². The van der Waals surface area contributed by atoms with Crippen molar-refractivity contribution in [3.63, 3.8) is 0 Å². The molecular formula is C25H25Cl2N3O4. The lowest BCUT2D eigenvalue weighted by Gasteiger charge is -2.29. The van der Waals surface area contributed by atoms with Gasteiger partial charge in [0.2, 0.25) is 0 Å². The number of benzene rings is 2. The highest BCUT2D eigenvalue weighted by atomic mass is 35.5. The Morgan fingerprint density at radius 3 is 2.41 bits per heavy atom. The zero-order chi connectivity index (χ0) is 24.2. The van der Waals surface area contributed by atoms with Gasteiger partial charge in [0.1, 0.15) is 16.5 Å². The van der Waals surface area contributed by atoms with Gasteiger partial charge in [-0.3, -0.25) is 19.3 Å². The third kappa shape index (κ3) is 5.05. The third-order valence-electron chi connectivity index (χ3n) is 6.09. The molecule has 9 heteroatoms. The molecule has 1 aliphatic heterocycles. The molecule has 0 unspecified atom stereocenters. The Kier molecular flexibility index (Phi) is 7.44. The smallest absolute Gasteiger partial charge is 0.278 e. The highest BCUT2D eigenvalue weighted by Gasteiger charge is 2.41. The number of ether oxygens (including phenoxy) is 1. The van der Waals surface area contributed by atoms with Gasteiger partial charge in [-0.15, -0.1) is 0 Å². The first kappa shape index (κ1) is 24.1. The van der Waals surface area contributed by atoms with E-state index in [1.54, 1.807) is 42.5 Å². The molecule has 0 atom stereocenters. The summed E-state index contributed by atoms with van der Waals surface area (Å²) in [6.45, 7) is 0.285. The lowest BCUT2D eigenvalue weighted by atomic mass is 9.94. The van der Waals surface area contributed by atoms with Crippen LogP contribution in [0.25, 0.3) is 0 Å². The van der Waals surface area contributed by atoms with Crippen molar-refractivity contribution in [3.05, 3.63) is 69.3 Å². The number of amides is 3. The van der Waals surface area contributed by atoms with Crippen LogP contribution in [0.1, 0.15) is 48.0 Å². The number of methoxy groups -OCH3 is 1. The predicted molar refractivity (Wildman–Crippen MR) is 131 cm³/mol. The van der Waals surface area contributed by atoms with Gasteiger partial charge in [0.15, 0.2) is 0 Å². The van der Waals surface area contributed by atoms with Crippen molar-refractivity contribution < 1.29 is 19.1 Å². The summed E-state index contributed by atoms with van der Waals surface area (Å²) >= 11 is 12.2. The van der Waals surface area contributed by atoms with Crippen LogP contribution in [0.4, 0.5) is 5.69 Å². The molecule has 0 saturated heterocycles. The molecule has 1 saturated carbocycles. The molecule has 2 aromatic rings. The summed E-state index contributed by atoms with van der Waals surface area (Å²) in [5, 5.41) is 6.21. The molecule has 1 fully saturated rings. The number of hydrogen-bond donors (Lipinski definition) is 2. The van der Waals surface area contributed by atoms with Crippen molar-refractivity contribution in [3.8, 4) is 5.75 Å². The van der Waals surface area contributed by atoms with E-state index >= 15 is 0 Å². The monoisotopic (exact) mass is 501 g/mol. The Balaban J connectivity index is 1.38. The van der Waals surface area contributed by atoms with Gasteiger partial charge in [0.25, 0.3) is 17.7 Å². The van der Waals surface area contributed by atoms with Gasteiger partial charge in [-0.05, 0) is 48.7 Å². The number of halogens is 2. The molecule has 1 heterocycles. The van der Waals surface area contributed by atoms with Gasteiger partial charge >= 0.3 is 0 Å². The van der Waals surface area contributed by atoms with Crippen LogP contribution < -0.4 is 15.4 Å². The molecule has 178 valence electrons. The summed E-state index contributed by atoms with van der Waals surface area (Å²) < 4.78 is 5.26. The van der Waals surface area contributed by atoms with E-state index in [1.807, 2.05) is 0 Å². The Morgan fingerprint density at radius 2 is 1.74 bits per heavy atom. The first-order valence-electron chi connectivity index (χ1n) is 11.1. The Morgan fingerprint density at radius 1 is 1.03 bits per heavy atom. The van der Waals surface area contributed by atoms with Gasteiger partial charge in [-0.2, -0.15) is 0 Å². The van der Waals surface area contributed by atoms with Gasteiger partial charge in [0.05, 0.1) is 12.8 Å². The van der Waals surface area contributed by atoms with E-state index in [2.05, 4.69) is 10.6 Å². The lowest BCUT2D eigenvalue weighted by molar-refractivity contribution is -0.140. The number of carbonyl (C=O) groups is 3. The molecule has 2 N–H and O–H groups in total. The highest BCUT2D eigenvalue weighted by molar-refractivity contribution is 6.47. The largest absolute Gasteiger partial charge is 0.495 e. The normalized spacial score (nSPS) is 16.7. The van der Waals surface area contributed by atoms with E-state index in [4.69, 9.17) is 27.9 Å². The highest BCUT2D eigenvalue weighted by Crippen LogP contribution is 2.31. The fourth-order valence-electron chi connectivity index (χ4n) is 4.28. The molecule has 0 aromatic heterocycles. The third-order valence-corrected chi connectivity index (χ3v) is 6.68. The lowest BCUT2D eigenvalue weighted by Crippen LogP contribution is -2.43. The quantitative estimate of drug-likeness (QED) is 0.529. The number of anilines is 1. The van der Waals surface area contributed by atoms with E-state index < -0.39 is 5.91 Å². The summed E-state index contributed by atoms with van der Waals surface area (Å²) in [6.07, 6.45) is 4.77. The van der Waals surface area contributed by atoms with E-state index in [0.717, 1.165) is 37.7 Å². The molecule has 3 amide bonds. The number of nitrogens with zero attached hydrogens (tertiary/aromatic N) is 1. The topological polar surface area (TPSA) is 87.7 Å². The SMILES string of the molecule is COc1ccc(Cl)cc1NC(=O)c1ccc(CNC2=C(Cl)C(=O)N(C3CCCCC3)C2=O)cc1. The predicted octanol–water partition coefficient (Wildman–Crippen LogP) is 4.84. The summed E-state index contributed by atoms with van der Waals surface area (Å²) in [5.74, 6) is -0.606. The maximum Gasteiger partial charge on any atom is 0.278 e. The van der Waals surface area contributed by atoms with Crippen molar-refractivity contribution in [1.82, 2.24) is 10.2 Å². The summed E-state index contributed by atoms with van der Waals surface area (Å²) in [7, 11) is 1.51. The molecular weight excluding hydrogens is 477 g/mol. The van der Waals surface area contributed by atoms with Crippen LogP contribution >= 0.6 is 23.2 Å². The number of hydrogen-bond acceptors (Lipinski definition) is 5. The maximum absolute atomic E-state index is 12.9. The van der Waals surface area contributed by atoms with Gasteiger partial charge in [-0.1, -0.05) is 54.6 Å². The molecule has 0 radical (unpaired) electrons. The number of imide groups is 1. The first-order chi connectivity index (χ1) is 16.4. The summed E-state index contributed by atoms with van der Waals surface area (Å²) in [4.78, 5) is 39.4. The average Bonchev–Trinajstić information content (AvgIpc) is 3.06. The maximum atomic E-state index is 12.9. The number of carbonyl (C=O) groups excluding carboxylic acids is 3. The Bertz CT molecular complexity index is 1140. The van der Waals surface area contributed by atoms with Crippen molar-refractivity contribution >= 4 is 46.6 Å². The average molecular weight is 502 g/mol. The molecule has 2 aliphatic rings. The Hall–Kier alpha value is -3.03. The van der Waals surface area contributed by atoms with Crippen LogP contribution in [0.5, 0.6) is 5.75 Å². The van der Waals surface area contributed by atoms with Crippen LogP contribution in [-0.4, -0.2) is 35.8 Å². The summed E-state index contributed by atoms with van der Waals surface area (Å²) in [5.41, 5.74) is 1.87. The van der Waals surface area contributed by atoms with E-state index in [1.165, 1.54) is 12.0 Å². The second-order valence-electron chi connectivity index (χ2n) is 8.31. The summed E-state index contributed by atoms with van der Waals surface area (Å²) in [6, 6.07) is 11.8. The number of nitrogens with one attached hydrogen (secondary N) is 2. The van der Waals surface area contributed by atoms with Crippen molar-refractivity contribution in [2.75, 3.05) is 12.4 Å². The molecule has 1 aliphatic carbocycles. The molecule has 34 heavy (non-hydrogen) atoms. The van der Waals surface area contributed by atoms with Gasteiger partial charge in [0, 0.05) is 23.2 Å². The fraction of sp³-hybridized carbons (Fsp3) is 0.320.